The molecule has 0 unspecified atom stereocenters. The van der Waals surface area contributed by atoms with Crippen LogP contribution in [0.1, 0.15) is 6.92 Å². The second kappa shape index (κ2) is 3.68. The molecule has 0 aromatic carbocycles. The van der Waals surface area contributed by atoms with Crippen LogP contribution < -0.4 is 0 Å². The van der Waals surface area contributed by atoms with Crippen LogP contribution in [-0.4, -0.2) is 57.6 Å². The van der Waals surface area contributed by atoms with Gasteiger partial charge >= 0.3 is 0 Å². The molecule has 1 rings (SSSR count). The highest BCUT2D eigenvalue weighted by molar-refractivity contribution is 4.91. The van der Waals surface area contributed by atoms with Crippen molar-refractivity contribution in [3.63, 3.8) is 0 Å². The van der Waals surface area contributed by atoms with Crippen molar-refractivity contribution in [1.29, 1.82) is 0 Å². The molecule has 0 aromatic heterocycles. The van der Waals surface area contributed by atoms with E-state index in [2.05, 4.69) is 0 Å². The molecule has 0 radical (unpaired) electrons. The Morgan fingerprint density at radius 2 is 1.92 bits per heavy atom. The van der Waals surface area contributed by atoms with Crippen molar-refractivity contribution >= 4 is 0 Å². The lowest BCUT2D eigenvalue weighted by atomic mass is 10.1. The lowest BCUT2D eigenvalue weighted by Crippen LogP contribution is -2.40. The second-order valence-electron chi connectivity index (χ2n) is 3.04. The van der Waals surface area contributed by atoms with Gasteiger partial charge in [0, 0.05) is 0 Å². The lowest BCUT2D eigenvalue weighted by Gasteiger charge is -2.18. The van der Waals surface area contributed by atoms with E-state index < -0.39 is 37.1 Å². The summed E-state index contributed by atoms with van der Waals surface area (Å²) in [4.78, 5) is 0. The zero-order valence-corrected chi connectivity index (χ0v) is 6.79. The highest BCUT2D eigenvalue weighted by Crippen LogP contribution is 2.22. The first-order valence-corrected chi connectivity index (χ1v) is 3.88. The molecule has 0 amide bonds. The minimum Gasteiger partial charge on any atom is -0.394 e. The summed E-state index contributed by atoms with van der Waals surface area (Å²) in [6.45, 7) is 1.11. The Morgan fingerprint density at radius 1 is 1.33 bits per heavy atom. The van der Waals surface area contributed by atoms with E-state index in [4.69, 9.17) is 14.9 Å². The number of ether oxygens (including phenoxy) is 1. The minimum absolute atomic E-state index is 0.485. The van der Waals surface area contributed by atoms with Gasteiger partial charge in [-0.2, -0.15) is 0 Å². The fraction of sp³-hybridized carbons (Fsp3) is 1.00. The predicted octanol–water partition coefficient (Wildman–Crippen LogP) is -2.15. The molecule has 1 aliphatic rings. The molecular formula is C7H14O5. The third kappa shape index (κ3) is 1.60. The van der Waals surface area contributed by atoms with Gasteiger partial charge in [0.05, 0.1) is 12.7 Å². The molecule has 1 aliphatic heterocycles. The number of rotatable bonds is 2. The van der Waals surface area contributed by atoms with E-state index in [0.717, 1.165) is 0 Å². The normalized spacial score (nSPS) is 44.8. The van der Waals surface area contributed by atoms with E-state index in [-0.39, 0.29) is 0 Å². The third-order valence-electron chi connectivity index (χ3n) is 2.11. The van der Waals surface area contributed by atoms with Crippen LogP contribution in [0.2, 0.25) is 0 Å². The fourth-order valence-corrected chi connectivity index (χ4v) is 1.30. The minimum atomic E-state index is -1.14. The van der Waals surface area contributed by atoms with Crippen LogP contribution in [0.5, 0.6) is 0 Å². The van der Waals surface area contributed by atoms with Gasteiger partial charge in [-0.1, -0.05) is 0 Å². The molecule has 0 bridgehead atoms. The highest BCUT2D eigenvalue weighted by Gasteiger charge is 2.43. The van der Waals surface area contributed by atoms with Crippen molar-refractivity contribution in [2.45, 2.75) is 37.4 Å². The van der Waals surface area contributed by atoms with Crippen molar-refractivity contribution in [2.24, 2.45) is 0 Å². The van der Waals surface area contributed by atoms with E-state index in [1.165, 1.54) is 0 Å². The van der Waals surface area contributed by atoms with Gasteiger partial charge in [-0.3, -0.25) is 0 Å². The first-order chi connectivity index (χ1) is 5.57. The van der Waals surface area contributed by atoms with Gasteiger partial charge in [-0.05, 0) is 6.92 Å². The number of hydrogen-bond acceptors (Lipinski definition) is 5. The van der Waals surface area contributed by atoms with Crippen LogP contribution >= 0.6 is 0 Å². The van der Waals surface area contributed by atoms with Gasteiger partial charge in [-0.25, -0.2) is 0 Å². The van der Waals surface area contributed by atoms with Gasteiger partial charge in [0.25, 0.3) is 0 Å². The maximum atomic E-state index is 9.28. The average Bonchev–Trinajstić information content (AvgIpc) is 2.32. The average molecular weight is 178 g/mol. The van der Waals surface area contributed by atoms with E-state index in [1.54, 1.807) is 6.92 Å². The van der Waals surface area contributed by atoms with Crippen molar-refractivity contribution in [3.8, 4) is 0 Å². The zero-order valence-electron chi connectivity index (χ0n) is 6.79. The molecule has 1 heterocycles. The number of hydrogen-bond donors (Lipinski definition) is 4. The summed E-state index contributed by atoms with van der Waals surface area (Å²) >= 11 is 0. The maximum absolute atomic E-state index is 9.28. The Balaban J connectivity index is 2.58. The molecule has 4 N–H and O–H groups in total. The molecule has 5 nitrogen and oxygen atoms in total. The standard InChI is InChI=1S/C7H14O5/c1-3-5(10)6(11)7(12-3)4(9)2-8/h3-11H,2H2,1H3/t3-,4+,5+,6-,7+/m0/s1. The smallest absolute Gasteiger partial charge is 0.115 e. The van der Waals surface area contributed by atoms with Crippen LogP contribution in [0.25, 0.3) is 0 Å². The summed E-state index contributed by atoms with van der Waals surface area (Å²) in [5.74, 6) is 0. The summed E-state index contributed by atoms with van der Waals surface area (Å²) in [5.41, 5.74) is 0. The van der Waals surface area contributed by atoms with Crippen LogP contribution in [0.3, 0.4) is 0 Å². The van der Waals surface area contributed by atoms with Crippen molar-refractivity contribution < 1.29 is 25.2 Å². The van der Waals surface area contributed by atoms with Gasteiger partial charge in [0.15, 0.2) is 0 Å². The fourth-order valence-electron chi connectivity index (χ4n) is 1.30. The monoisotopic (exact) mass is 178 g/mol. The number of aliphatic hydroxyl groups is 4. The summed E-state index contributed by atoms with van der Waals surface area (Å²) < 4.78 is 5.03. The zero-order chi connectivity index (χ0) is 9.30. The van der Waals surface area contributed by atoms with E-state index in [1.807, 2.05) is 0 Å². The summed E-state index contributed by atoms with van der Waals surface area (Å²) in [7, 11) is 0. The summed E-state index contributed by atoms with van der Waals surface area (Å²) in [6.07, 6.45) is -4.65. The van der Waals surface area contributed by atoms with Crippen molar-refractivity contribution in [1.82, 2.24) is 0 Å². The Hall–Kier alpha value is -0.200. The predicted molar refractivity (Wildman–Crippen MR) is 39.4 cm³/mol. The van der Waals surface area contributed by atoms with Gasteiger partial charge < -0.3 is 25.2 Å². The van der Waals surface area contributed by atoms with E-state index in [0.29, 0.717) is 0 Å². The Morgan fingerprint density at radius 3 is 2.25 bits per heavy atom. The molecule has 1 fully saturated rings. The SMILES string of the molecule is C[C@@H]1O[C@H]([C@H](O)CO)[C@@H](O)[C@@H]1O. The molecule has 1 saturated heterocycles. The molecular weight excluding hydrogens is 164 g/mol. The van der Waals surface area contributed by atoms with E-state index in [9.17, 15) is 10.2 Å². The lowest BCUT2D eigenvalue weighted by molar-refractivity contribution is -0.0786. The molecule has 0 saturated carbocycles. The first-order valence-electron chi connectivity index (χ1n) is 3.88. The van der Waals surface area contributed by atoms with Gasteiger partial charge in [0.1, 0.15) is 24.4 Å². The molecule has 5 heteroatoms. The molecule has 0 aromatic rings. The van der Waals surface area contributed by atoms with Crippen LogP contribution in [0, 0.1) is 0 Å². The first kappa shape index (κ1) is 9.88. The number of aliphatic hydroxyl groups excluding tert-OH is 4. The van der Waals surface area contributed by atoms with Gasteiger partial charge in [0.2, 0.25) is 0 Å². The van der Waals surface area contributed by atoms with Crippen molar-refractivity contribution in [2.75, 3.05) is 6.61 Å². The largest absolute Gasteiger partial charge is 0.394 e. The molecule has 12 heavy (non-hydrogen) atoms. The van der Waals surface area contributed by atoms with Crippen LogP contribution in [0.4, 0.5) is 0 Å². The van der Waals surface area contributed by atoms with E-state index >= 15 is 0 Å². The second-order valence-corrected chi connectivity index (χ2v) is 3.04. The third-order valence-corrected chi connectivity index (χ3v) is 2.11. The molecule has 72 valence electrons. The van der Waals surface area contributed by atoms with Crippen LogP contribution in [-0.2, 0) is 4.74 Å². The summed E-state index contributed by atoms with van der Waals surface area (Å²) in [6, 6.07) is 0. The van der Waals surface area contributed by atoms with Crippen molar-refractivity contribution in [3.05, 3.63) is 0 Å². The molecule has 0 aliphatic carbocycles. The maximum Gasteiger partial charge on any atom is 0.115 e. The topological polar surface area (TPSA) is 90.2 Å². The Labute approximate surface area is 70.2 Å². The summed E-state index contributed by atoms with van der Waals surface area (Å²) in [5, 5.41) is 36.2. The van der Waals surface area contributed by atoms with Gasteiger partial charge in [-0.15, -0.1) is 0 Å². The quantitative estimate of drug-likeness (QED) is 0.387. The molecule has 5 atom stereocenters. The highest BCUT2D eigenvalue weighted by atomic mass is 16.6. The molecule has 0 spiro atoms. The van der Waals surface area contributed by atoms with Crippen LogP contribution in [0.15, 0.2) is 0 Å². The Kier molecular flexibility index (Phi) is 3.03. The Bertz CT molecular complexity index is 151.